The molecule has 3 rings (SSSR count). The molecular weight excluding hydrogens is 310 g/mol. The van der Waals surface area contributed by atoms with Crippen LogP contribution in [0.25, 0.3) is 0 Å². The molecular formula is C17H21N3O2S. The van der Waals surface area contributed by atoms with Gasteiger partial charge in [-0.25, -0.2) is 4.98 Å². The third-order valence-electron chi connectivity index (χ3n) is 3.93. The van der Waals surface area contributed by atoms with E-state index in [9.17, 15) is 4.79 Å². The number of ether oxygens (including phenoxy) is 1. The van der Waals surface area contributed by atoms with E-state index in [2.05, 4.69) is 10.3 Å². The molecule has 1 atom stereocenters. The van der Waals surface area contributed by atoms with Crippen LogP contribution in [0, 0.1) is 6.92 Å². The number of aromatic nitrogens is 1. The van der Waals surface area contributed by atoms with Crippen LogP contribution in [0.3, 0.4) is 0 Å². The molecule has 122 valence electrons. The van der Waals surface area contributed by atoms with Gasteiger partial charge in [-0.1, -0.05) is 18.2 Å². The first kappa shape index (κ1) is 15.8. The first-order valence-corrected chi connectivity index (χ1v) is 8.51. The summed E-state index contributed by atoms with van der Waals surface area (Å²) in [7, 11) is 3.97. The van der Waals surface area contributed by atoms with Crippen molar-refractivity contribution in [3.8, 4) is 5.75 Å². The molecule has 0 radical (unpaired) electrons. The monoisotopic (exact) mass is 331 g/mol. The van der Waals surface area contributed by atoms with Crippen LogP contribution < -0.4 is 15.0 Å². The minimum absolute atomic E-state index is 0.0324. The molecule has 0 unspecified atom stereocenters. The average molecular weight is 331 g/mol. The molecule has 23 heavy (non-hydrogen) atoms. The van der Waals surface area contributed by atoms with Gasteiger partial charge in [0.1, 0.15) is 18.3 Å². The Morgan fingerprint density at radius 3 is 2.96 bits per heavy atom. The molecule has 1 amide bonds. The number of benzene rings is 1. The van der Waals surface area contributed by atoms with Crippen LogP contribution >= 0.6 is 11.3 Å². The minimum atomic E-state index is -0.203. The van der Waals surface area contributed by atoms with Crippen molar-refractivity contribution in [2.24, 2.45) is 0 Å². The summed E-state index contributed by atoms with van der Waals surface area (Å²) >= 11 is 1.68. The Kier molecular flexibility index (Phi) is 4.52. The molecule has 6 heteroatoms. The number of hydrogen-bond acceptors (Lipinski definition) is 5. The van der Waals surface area contributed by atoms with Gasteiger partial charge in [0.05, 0.1) is 5.69 Å². The summed E-state index contributed by atoms with van der Waals surface area (Å²) in [4.78, 5) is 20.1. The summed E-state index contributed by atoms with van der Waals surface area (Å²) in [6.07, 6.45) is 0.804. The van der Waals surface area contributed by atoms with Crippen LogP contribution in [0.15, 0.2) is 24.3 Å². The number of para-hydroxylation sites is 1. The lowest BCUT2D eigenvalue weighted by Crippen LogP contribution is -2.31. The second-order valence-electron chi connectivity index (χ2n) is 5.84. The lowest BCUT2D eigenvalue weighted by Gasteiger charge is -2.10. The summed E-state index contributed by atoms with van der Waals surface area (Å²) in [5.41, 5.74) is 2.02. The Labute approximate surface area is 140 Å². The van der Waals surface area contributed by atoms with Crippen molar-refractivity contribution in [1.29, 1.82) is 0 Å². The predicted octanol–water partition coefficient (Wildman–Crippen LogP) is 2.35. The minimum Gasteiger partial charge on any atom is -0.492 e. The molecule has 0 fully saturated rings. The molecule has 1 aliphatic heterocycles. The smallest absolute Gasteiger partial charge is 0.231 e. The standard InChI is InChI=1S/C17H21N3O2S/c1-11-15(23-17(19-11)20(2)3)8-9-18-16(21)13-10-22-14-7-5-4-6-12(13)14/h4-7,13H,8-10H2,1-3H3,(H,18,21)/t13-/m0/s1. The van der Waals surface area contributed by atoms with Gasteiger partial charge in [-0.15, -0.1) is 11.3 Å². The second-order valence-corrected chi connectivity index (χ2v) is 6.90. The van der Waals surface area contributed by atoms with Crippen molar-refractivity contribution in [3.05, 3.63) is 40.4 Å². The molecule has 1 aromatic carbocycles. The lowest BCUT2D eigenvalue weighted by molar-refractivity contribution is -0.122. The van der Waals surface area contributed by atoms with Crippen LogP contribution in [0.5, 0.6) is 5.75 Å². The number of amides is 1. The van der Waals surface area contributed by atoms with Crippen LogP contribution in [0.4, 0.5) is 5.13 Å². The van der Waals surface area contributed by atoms with Crippen LogP contribution in [0.2, 0.25) is 0 Å². The lowest BCUT2D eigenvalue weighted by atomic mass is 10.0. The Morgan fingerprint density at radius 2 is 2.22 bits per heavy atom. The fourth-order valence-corrected chi connectivity index (χ4v) is 3.62. The maximum Gasteiger partial charge on any atom is 0.231 e. The van der Waals surface area contributed by atoms with Crippen molar-refractivity contribution in [1.82, 2.24) is 10.3 Å². The van der Waals surface area contributed by atoms with Gasteiger partial charge >= 0.3 is 0 Å². The molecule has 0 spiro atoms. The average Bonchev–Trinajstić information content (AvgIpc) is 3.11. The quantitative estimate of drug-likeness (QED) is 0.914. The van der Waals surface area contributed by atoms with Crippen molar-refractivity contribution in [2.75, 3.05) is 32.1 Å². The topological polar surface area (TPSA) is 54.5 Å². The second kappa shape index (κ2) is 6.58. The number of nitrogens with zero attached hydrogens (tertiary/aromatic N) is 2. The SMILES string of the molecule is Cc1nc(N(C)C)sc1CCNC(=O)[C@H]1COc2ccccc21. The third-order valence-corrected chi connectivity index (χ3v) is 5.32. The van der Waals surface area contributed by atoms with Crippen LogP contribution in [0.1, 0.15) is 22.1 Å². The number of carbonyl (C=O) groups is 1. The first-order valence-electron chi connectivity index (χ1n) is 7.69. The fourth-order valence-electron chi connectivity index (χ4n) is 2.64. The Bertz CT molecular complexity index is 712. The Hall–Kier alpha value is -2.08. The van der Waals surface area contributed by atoms with Crippen molar-refractivity contribution < 1.29 is 9.53 Å². The normalized spacial score (nSPS) is 15.9. The zero-order valence-corrected chi connectivity index (χ0v) is 14.4. The first-order chi connectivity index (χ1) is 11.1. The molecule has 1 aliphatic rings. The molecule has 1 N–H and O–H groups in total. The highest BCUT2D eigenvalue weighted by molar-refractivity contribution is 7.15. The third kappa shape index (κ3) is 3.32. The molecule has 0 aliphatic carbocycles. The number of rotatable bonds is 5. The van der Waals surface area contributed by atoms with Crippen molar-refractivity contribution in [2.45, 2.75) is 19.3 Å². The van der Waals surface area contributed by atoms with E-state index in [4.69, 9.17) is 4.74 Å². The van der Waals surface area contributed by atoms with Gasteiger partial charge < -0.3 is 15.0 Å². The van der Waals surface area contributed by atoms with Gasteiger partial charge in [-0.3, -0.25) is 4.79 Å². The summed E-state index contributed by atoms with van der Waals surface area (Å²) in [5, 5.41) is 4.03. The number of anilines is 1. The van der Waals surface area contributed by atoms with Gasteiger partial charge in [-0.05, 0) is 13.0 Å². The largest absolute Gasteiger partial charge is 0.492 e. The number of hydrogen-bond donors (Lipinski definition) is 1. The van der Waals surface area contributed by atoms with E-state index in [0.717, 1.165) is 28.6 Å². The van der Waals surface area contributed by atoms with Gasteiger partial charge in [0.25, 0.3) is 0 Å². The van der Waals surface area contributed by atoms with E-state index >= 15 is 0 Å². The molecule has 2 aromatic rings. The molecule has 1 aromatic heterocycles. The fraction of sp³-hybridized carbons (Fsp3) is 0.412. The number of fused-ring (bicyclic) bond motifs is 1. The highest BCUT2D eigenvalue weighted by Gasteiger charge is 2.29. The van der Waals surface area contributed by atoms with E-state index in [1.165, 1.54) is 4.88 Å². The number of thiazole rings is 1. The van der Waals surface area contributed by atoms with Gasteiger partial charge in [-0.2, -0.15) is 0 Å². The maximum atomic E-state index is 12.4. The highest BCUT2D eigenvalue weighted by Crippen LogP contribution is 2.33. The van der Waals surface area contributed by atoms with E-state index < -0.39 is 0 Å². The molecule has 0 saturated carbocycles. The van der Waals surface area contributed by atoms with Gasteiger partial charge in [0, 0.05) is 37.5 Å². The van der Waals surface area contributed by atoms with Crippen molar-refractivity contribution >= 4 is 22.4 Å². The van der Waals surface area contributed by atoms with E-state index in [-0.39, 0.29) is 11.8 Å². The zero-order chi connectivity index (χ0) is 16.4. The van der Waals surface area contributed by atoms with Gasteiger partial charge in [0.2, 0.25) is 5.91 Å². The summed E-state index contributed by atoms with van der Waals surface area (Å²) < 4.78 is 5.57. The zero-order valence-electron chi connectivity index (χ0n) is 13.6. The van der Waals surface area contributed by atoms with E-state index in [0.29, 0.717) is 13.2 Å². The van der Waals surface area contributed by atoms with E-state index in [1.807, 2.05) is 50.2 Å². The van der Waals surface area contributed by atoms with Gasteiger partial charge in [0.15, 0.2) is 5.13 Å². The van der Waals surface area contributed by atoms with Crippen molar-refractivity contribution in [3.63, 3.8) is 0 Å². The number of aryl methyl sites for hydroxylation is 1. The summed E-state index contributed by atoms with van der Waals surface area (Å²) in [6.45, 7) is 3.06. The molecule has 0 bridgehead atoms. The summed E-state index contributed by atoms with van der Waals surface area (Å²) in [5.74, 6) is 0.651. The Morgan fingerprint density at radius 1 is 1.43 bits per heavy atom. The van der Waals surface area contributed by atoms with E-state index in [1.54, 1.807) is 11.3 Å². The number of carbonyl (C=O) groups excluding carboxylic acids is 1. The summed E-state index contributed by atoms with van der Waals surface area (Å²) in [6, 6.07) is 7.74. The number of nitrogens with one attached hydrogen (secondary N) is 1. The highest BCUT2D eigenvalue weighted by atomic mass is 32.1. The Balaban J connectivity index is 1.56. The maximum absolute atomic E-state index is 12.4. The molecule has 2 heterocycles. The molecule has 0 saturated heterocycles. The van der Waals surface area contributed by atoms with Crippen LogP contribution in [-0.2, 0) is 11.2 Å². The van der Waals surface area contributed by atoms with Crippen LogP contribution in [-0.4, -0.2) is 38.1 Å². The molecule has 5 nitrogen and oxygen atoms in total. The predicted molar refractivity (Wildman–Crippen MR) is 92.6 cm³/mol.